The average molecular weight is 451 g/mol. The molecule has 0 fully saturated rings. The molecule has 0 bridgehead atoms. The number of aromatic nitrogens is 1. The third-order valence-electron chi connectivity index (χ3n) is 5.61. The van der Waals surface area contributed by atoms with Gasteiger partial charge in [-0.3, -0.25) is 4.79 Å². The molecule has 1 aromatic heterocycles. The fourth-order valence-electron chi connectivity index (χ4n) is 4.14. The highest BCUT2D eigenvalue weighted by molar-refractivity contribution is 6.09. The van der Waals surface area contributed by atoms with Gasteiger partial charge >= 0.3 is 0 Å². The Morgan fingerprint density at radius 1 is 1.00 bits per heavy atom. The van der Waals surface area contributed by atoms with E-state index in [1.54, 1.807) is 14.1 Å². The van der Waals surface area contributed by atoms with Crippen LogP contribution in [0.3, 0.4) is 0 Å². The number of hydrogen-bond donors (Lipinski definition) is 1. The smallest absolute Gasteiger partial charge is 0.253 e. The Bertz CT molecular complexity index is 1340. The molecule has 1 atom stereocenters. The van der Waals surface area contributed by atoms with Crippen molar-refractivity contribution in [3.63, 3.8) is 0 Å². The van der Waals surface area contributed by atoms with Gasteiger partial charge in [-0.25, -0.2) is 4.98 Å². The van der Waals surface area contributed by atoms with E-state index in [4.69, 9.17) is 4.98 Å². The minimum Gasteiger partial charge on any atom is -0.633 e. The van der Waals surface area contributed by atoms with Crippen molar-refractivity contribution in [2.24, 2.45) is 0 Å². The van der Waals surface area contributed by atoms with Gasteiger partial charge in [0.2, 0.25) is 0 Å². The van der Waals surface area contributed by atoms with Crippen LogP contribution in [0.4, 0.5) is 0 Å². The van der Waals surface area contributed by atoms with E-state index in [0.29, 0.717) is 27.7 Å². The second-order valence-electron chi connectivity index (χ2n) is 8.73. The first kappa shape index (κ1) is 23.1. The molecule has 1 heterocycles. The summed E-state index contributed by atoms with van der Waals surface area (Å²) in [7, 11) is 3.10. The molecule has 0 saturated carbocycles. The Kier molecular flexibility index (Phi) is 6.69. The summed E-state index contributed by atoms with van der Waals surface area (Å²) in [5.74, 6) is -0.330. The van der Waals surface area contributed by atoms with Crippen LogP contribution >= 0.6 is 0 Å². The molecule has 6 nitrogen and oxygen atoms in total. The van der Waals surface area contributed by atoms with E-state index < -0.39 is 10.7 Å². The quantitative estimate of drug-likeness (QED) is 0.303. The molecule has 170 valence electrons. The van der Waals surface area contributed by atoms with Crippen LogP contribution in [-0.4, -0.2) is 29.6 Å². The topological polar surface area (TPSA) is 88.8 Å². The predicted molar refractivity (Wildman–Crippen MR) is 133 cm³/mol. The van der Waals surface area contributed by atoms with Crippen molar-refractivity contribution in [3.05, 3.63) is 107 Å². The summed E-state index contributed by atoms with van der Waals surface area (Å²) in [4.78, 5) is 18.7. The Balaban J connectivity index is 1.92. The summed E-state index contributed by atoms with van der Waals surface area (Å²) in [6.45, 7) is 0.0685. The number of nitrogens with zero attached hydrogens (tertiary/aromatic N) is 3. The molecule has 0 aliphatic rings. The Labute approximate surface area is 199 Å². The largest absolute Gasteiger partial charge is 0.633 e. The van der Waals surface area contributed by atoms with Gasteiger partial charge in [0.25, 0.3) is 5.91 Å². The fraction of sp³-hybridized carbons (Fsp3) is 0.179. The molecule has 3 aromatic carbocycles. The molecule has 1 amide bonds. The van der Waals surface area contributed by atoms with Crippen molar-refractivity contribution in [1.82, 2.24) is 10.3 Å². The molecular weight excluding hydrogens is 424 g/mol. The van der Waals surface area contributed by atoms with Gasteiger partial charge in [0.1, 0.15) is 6.54 Å². The maximum absolute atomic E-state index is 13.9. The number of hydroxylamine groups is 3. The van der Waals surface area contributed by atoms with E-state index in [0.717, 1.165) is 11.1 Å². The number of pyridine rings is 1. The second-order valence-corrected chi connectivity index (χ2v) is 8.73. The highest BCUT2D eigenvalue weighted by Crippen LogP contribution is 2.32. The number of hydrogen-bond acceptors (Lipinski definition) is 4. The van der Waals surface area contributed by atoms with Gasteiger partial charge in [-0.2, -0.15) is 5.26 Å². The molecule has 0 spiro atoms. The standard InChI is InChI=1S/C28H26N4O2/c1-32(2,34)19-23-26(28(33)31-24(17-18-29)20-11-5-3-6-12-20)22-15-9-10-16-25(22)30-27(23)21-13-7-4-8-14-21/h3-16,24H,17,19H2,1-2H3,(H,31,33)/t24-/m0/s1. The van der Waals surface area contributed by atoms with Gasteiger partial charge in [0.05, 0.1) is 49.4 Å². The monoisotopic (exact) mass is 450 g/mol. The molecule has 1 N–H and O–H groups in total. The first-order valence-corrected chi connectivity index (χ1v) is 11.1. The van der Waals surface area contributed by atoms with Crippen LogP contribution in [0.25, 0.3) is 22.2 Å². The molecule has 34 heavy (non-hydrogen) atoms. The van der Waals surface area contributed by atoms with Crippen molar-refractivity contribution >= 4 is 16.8 Å². The molecular formula is C28H26N4O2. The normalized spacial score (nSPS) is 12.2. The Morgan fingerprint density at radius 2 is 1.62 bits per heavy atom. The third kappa shape index (κ3) is 5.12. The van der Waals surface area contributed by atoms with Gasteiger partial charge in [-0.05, 0) is 11.6 Å². The lowest BCUT2D eigenvalue weighted by molar-refractivity contribution is -0.853. The van der Waals surface area contributed by atoms with Gasteiger partial charge < -0.3 is 15.2 Å². The number of carbonyl (C=O) groups excluding carboxylic acids is 1. The number of nitriles is 1. The van der Waals surface area contributed by atoms with Crippen molar-refractivity contribution in [2.45, 2.75) is 19.0 Å². The van der Waals surface area contributed by atoms with Crippen molar-refractivity contribution in [2.75, 3.05) is 14.1 Å². The fourth-order valence-corrected chi connectivity index (χ4v) is 4.14. The first-order chi connectivity index (χ1) is 16.4. The number of carbonyl (C=O) groups is 1. The lowest BCUT2D eigenvalue weighted by atomic mass is 9.94. The third-order valence-corrected chi connectivity index (χ3v) is 5.61. The Morgan fingerprint density at radius 3 is 2.26 bits per heavy atom. The average Bonchev–Trinajstić information content (AvgIpc) is 2.83. The molecule has 0 unspecified atom stereocenters. The van der Waals surface area contributed by atoms with Gasteiger partial charge in [-0.1, -0.05) is 78.9 Å². The summed E-state index contributed by atoms with van der Waals surface area (Å²) in [6.07, 6.45) is 0.128. The summed E-state index contributed by atoms with van der Waals surface area (Å²) in [5, 5.41) is 26.0. The van der Waals surface area contributed by atoms with Crippen LogP contribution in [-0.2, 0) is 6.54 Å². The van der Waals surface area contributed by atoms with E-state index in [2.05, 4.69) is 11.4 Å². The first-order valence-electron chi connectivity index (χ1n) is 11.1. The highest BCUT2D eigenvalue weighted by atomic mass is 16.5. The molecule has 4 rings (SSSR count). The second kappa shape index (κ2) is 9.84. The molecule has 6 heteroatoms. The SMILES string of the molecule is C[N+](C)([O-])Cc1c(-c2ccccc2)nc2ccccc2c1C(=O)N[C@@H](CC#N)c1ccccc1. The maximum Gasteiger partial charge on any atom is 0.253 e. The van der Waals surface area contributed by atoms with Crippen LogP contribution < -0.4 is 5.32 Å². The van der Waals surface area contributed by atoms with Crippen LogP contribution in [0.1, 0.15) is 33.9 Å². The molecule has 4 aromatic rings. The number of rotatable bonds is 7. The van der Waals surface area contributed by atoms with Crippen molar-refractivity contribution in [3.8, 4) is 17.3 Å². The highest BCUT2D eigenvalue weighted by Gasteiger charge is 2.26. The predicted octanol–water partition coefficient (Wildman–Crippen LogP) is 5.36. The number of quaternary nitrogens is 1. The number of para-hydroxylation sites is 1. The van der Waals surface area contributed by atoms with Crippen LogP contribution in [0, 0.1) is 16.5 Å². The van der Waals surface area contributed by atoms with E-state index in [1.807, 2.05) is 84.9 Å². The minimum absolute atomic E-state index is 0.0685. The van der Waals surface area contributed by atoms with Crippen molar-refractivity contribution in [1.29, 1.82) is 5.26 Å². The lowest BCUT2D eigenvalue weighted by Gasteiger charge is -2.35. The molecule has 0 aliphatic carbocycles. The van der Waals surface area contributed by atoms with E-state index in [-0.39, 0.29) is 18.9 Å². The summed E-state index contributed by atoms with van der Waals surface area (Å²) >= 11 is 0. The van der Waals surface area contributed by atoms with E-state index >= 15 is 0 Å². The molecule has 0 radical (unpaired) electrons. The number of benzene rings is 3. The molecule has 0 aliphatic heterocycles. The van der Waals surface area contributed by atoms with Crippen LogP contribution in [0.15, 0.2) is 84.9 Å². The maximum atomic E-state index is 13.9. The summed E-state index contributed by atoms with van der Waals surface area (Å²) < 4.78 is -0.611. The van der Waals surface area contributed by atoms with E-state index in [1.165, 1.54) is 0 Å². The van der Waals surface area contributed by atoms with Gasteiger partial charge in [0, 0.05) is 16.5 Å². The zero-order chi connectivity index (χ0) is 24.1. The number of nitrogens with one attached hydrogen (secondary N) is 1. The van der Waals surface area contributed by atoms with Crippen LogP contribution in [0.5, 0.6) is 0 Å². The summed E-state index contributed by atoms with van der Waals surface area (Å²) in [6, 6.07) is 28.2. The lowest BCUT2D eigenvalue weighted by Crippen LogP contribution is -2.34. The minimum atomic E-state index is -0.611. The van der Waals surface area contributed by atoms with Gasteiger partial charge in [-0.15, -0.1) is 0 Å². The van der Waals surface area contributed by atoms with Gasteiger partial charge in [0.15, 0.2) is 0 Å². The van der Waals surface area contributed by atoms with Crippen molar-refractivity contribution < 1.29 is 9.44 Å². The number of amides is 1. The van der Waals surface area contributed by atoms with E-state index in [9.17, 15) is 15.3 Å². The Hall–Kier alpha value is -4.05. The number of fused-ring (bicyclic) bond motifs is 1. The summed E-state index contributed by atoms with van der Waals surface area (Å²) in [5.41, 5.74) is 3.98. The zero-order valence-corrected chi connectivity index (χ0v) is 19.2. The zero-order valence-electron chi connectivity index (χ0n) is 19.2. The van der Waals surface area contributed by atoms with Crippen LogP contribution in [0.2, 0.25) is 0 Å². The molecule has 0 saturated heterocycles.